The van der Waals surface area contributed by atoms with Crippen molar-refractivity contribution in [1.29, 1.82) is 0 Å². The van der Waals surface area contributed by atoms with E-state index < -0.39 is 0 Å². The maximum absolute atomic E-state index is 5.47. The van der Waals surface area contributed by atoms with E-state index in [2.05, 4.69) is 15.2 Å². The fourth-order valence-corrected chi connectivity index (χ4v) is 1.82. The van der Waals surface area contributed by atoms with Crippen molar-refractivity contribution in [3.63, 3.8) is 0 Å². The molecule has 96 valence electrons. The monoisotopic (exact) mass is 246 g/mol. The molecule has 0 saturated heterocycles. The largest absolute Gasteiger partial charge is 0.496 e. The number of aromatic nitrogens is 3. The molecule has 3 N–H and O–H groups in total. The first-order chi connectivity index (χ1) is 8.74. The molecule has 1 aromatic carbocycles. The molecule has 2 aromatic rings. The summed E-state index contributed by atoms with van der Waals surface area (Å²) in [6, 6.07) is 5.91. The van der Waals surface area contributed by atoms with Gasteiger partial charge in [0.2, 0.25) is 0 Å². The smallest absolute Gasteiger partial charge is 0.181 e. The Hall–Kier alpha value is -1.88. The van der Waals surface area contributed by atoms with Crippen LogP contribution in [0.4, 0.5) is 0 Å². The quantitative estimate of drug-likeness (QED) is 0.841. The van der Waals surface area contributed by atoms with Crippen LogP contribution in [-0.4, -0.2) is 28.8 Å². The van der Waals surface area contributed by atoms with Gasteiger partial charge in [0.05, 0.1) is 7.11 Å². The molecular formula is C13H18N4O. The predicted octanol–water partition coefficient (Wildman–Crippen LogP) is 1.68. The van der Waals surface area contributed by atoms with E-state index >= 15 is 0 Å². The number of methoxy groups -OCH3 is 1. The van der Waals surface area contributed by atoms with Crippen molar-refractivity contribution in [3.05, 3.63) is 29.6 Å². The summed E-state index contributed by atoms with van der Waals surface area (Å²) in [5.41, 5.74) is 7.53. The van der Waals surface area contributed by atoms with Crippen LogP contribution in [0.3, 0.4) is 0 Å². The van der Waals surface area contributed by atoms with E-state index in [1.54, 1.807) is 7.11 Å². The Balaban J connectivity index is 2.20. The summed E-state index contributed by atoms with van der Waals surface area (Å²) in [6.45, 7) is 2.67. The summed E-state index contributed by atoms with van der Waals surface area (Å²) < 4.78 is 5.23. The lowest BCUT2D eigenvalue weighted by molar-refractivity contribution is 0.412. The molecule has 0 aliphatic heterocycles. The van der Waals surface area contributed by atoms with Gasteiger partial charge < -0.3 is 10.5 Å². The van der Waals surface area contributed by atoms with Gasteiger partial charge in [-0.1, -0.05) is 0 Å². The number of ether oxygens (including phenoxy) is 1. The van der Waals surface area contributed by atoms with Crippen molar-refractivity contribution in [2.24, 2.45) is 5.73 Å². The summed E-state index contributed by atoms with van der Waals surface area (Å²) in [6.07, 6.45) is 1.74. The second kappa shape index (κ2) is 5.64. The first kappa shape index (κ1) is 12.6. The highest BCUT2D eigenvalue weighted by molar-refractivity contribution is 5.58. The molecule has 0 amide bonds. The molecular weight excluding hydrogens is 228 g/mol. The van der Waals surface area contributed by atoms with Crippen molar-refractivity contribution >= 4 is 0 Å². The minimum atomic E-state index is 0.664. The van der Waals surface area contributed by atoms with Gasteiger partial charge in [0.15, 0.2) is 5.82 Å². The van der Waals surface area contributed by atoms with Crippen LogP contribution in [-0.2, 0) is 6.42 Å². The number of rotatable bonds is 5. The van der Waals surface area contributed by atoms with Crippen LogP contribution in [0.25, 0.3) is 11.4 Å². The maximum Gasteiger partial charge on any atom is 0.181 e. The van der Waals surface area contributed by atoms with Crippen molar-refractivity contribution in [2.45, 2.75) is 19.8 Å². The van der Waals surface area contributed by atoms with Gasteiger partial charge in [-0.2, -0.15) is 5.10 Å². The third kappa shape index (κ3) is 2.68. The number of H-pyrrole nitrogens is 1. The third-order valence-corrected chi connectivity index (χ3v) is 2.80. The van der Waals surface area contributed by atoms with Crippen molar-refractivity contribution in [1.82, 2.24) is 15.2 Å². The molecule has 1 aromatic heterocycles. The van der Waals surface area contributed by atoms with Crippen molar-refractivity contribution < 1.29 is 4.74 Å². The van der Waals surface area contributed by atoms with E-state index in [0.717, 1.165) is 35.5 Å². The van der Waals surface area contributed by atoms with Gasteiger partial charge in [-0.25, -0.2) is 4.98 Å². The highest BCUT2D eigenvalue weighted by Crippen LogP contribution is 2.23. The molecule has 18 heavy (non-hydrogen) atoms. The minimum Gasteiger partial charge on any atom is -0.496 e. The number of nitrogens with zero attached hydrogens (tertiary/aromatic N) is 2. The van der Waals surface area contributed by atoms with Crippen LogP contribution < -0.4 is 10.5 Å². The average molecular weight is 246 g/mol. The van der Waals surface area contributed by atoms with Gasteiger partial charge in [-0.15, -0.1) is 0 Å². The molecule has 5 nitrogen and oxygen atoms in total. The number of hydrogen-bond donors (Lipinski definition) is 2. The van der Waals surface area contributed by atoms with Gasteiger partial charge >= 0.3 is 0 Å². The van der Waals surface area contributed by atoms with Crippen LogP contribution in [0, 0.1) is 6.92 Å². The number of aromatic amines is 1. The first-order valence-electron chi connectivity index (χ1n) is 6.01. The molecule has 0 spiro atoms. The van der Waals surface area contributed by atoms with Crippen LogP contribution in [0.5, 0.6) is 5.75 Å². The standard InChI is InChI=1S/C13H18N4O/c1-9-8-10(5-6-11(9)18-2)13-15-12(16-17-13)4-3-7-14/h5-6,8H,3-4,7,14H2,1-2H3,(H,15,16,17). The van der Waals surface area contributed by atoms with E-state index in [0.29, 0.717) is 12.4 Å². The van der Waals surface area contributed by atoms with E-state index in [1.807, 2.05) is 25.1 Å². The number of benzene rings is 1. The molecule has 0 atom stereocenters. The maximum atomic E-state index is 5.47. The van der Waals surface area contributed by atoms with E-state index in [9.17, 15) is 0 Å². The molecule has 1 heterocycles. The lowest BCUT2D eigenvalue weighted by atomic mass is 10.1. The molecule has 2 rings (SSSR count). The molecule has 0 aliphatic carbocycles. The van der Waals surface area contributed by atoms with Crippen LogP contribution in [0.15, 0.2) is 18.2 Å². The third-order valence-electron chi connectivity index (χ3n) is 2.80. The molecule has 0 bridgehead atoms. The number of aryl methyl sites for hydroxylation is 2. The number of hydrogen-bond acceptors (Lipinski definition) is 4. The lowest BCUT2D eigenvalue weighted by Gasteiger charge is -2.04. The van der Waals surface area contributed by atoms with Crippen LogP contribution in [0.2, 0.25) is 0 Å². The van der Waals surface area contributed by atoms with Crippen molar-refractivity contribution in [2.75, 3.05) is 13.7 Å². The Morgan fingerprint density at radius 2 is 2.22 bits per heavy atom. The minimum absolute atomic E-state index is 0.664. The second-order valence-electron chi connectivity index (χ2n) is 4.18. The van der Waals surface area contributed by atoms with Gasteiger partial charge in [0.1, 0.15) is 11.6 Å². The van der Waals surface area contributed by atoms with E-state index in [1.165, 1.54) is 0 Å². The summed E-state index contributed by atoms with van der Waals surface area (Å²) in [5, 5.41) is 7.16. The Morgan fingerprint density at radius 1 is 1.39 bits per heavy atom. The van der Waals surface area contributed by atoms with E-state index in [4.69, 9.17) is 10.5 Å². The molecule has 5 heteroatoms. The molecule has 0 unspecified atom stereocenters. The Bertz CT molecular complexity index is 521. The van der Waals surface area contributed by atoms with Crippen molar-refractivity contribution in [3.8, 4) is 17.1 Å². The summed E-state index contributed by atoms with van der Waals surface area (Å²) in [4.78, 5) is 4.45. The van der Waals surface area contributed by atoms with Crippen LogP contribution >= 0.6 is 0 Å². The second-order valence-corrected chi connectivity index (χ2v) is 4.18. The van der Waals surface area contributed by atoms with Gasteiger partial charge in [-0.3, -0.25) is 5.10 Å². The average Bonchev–Trinajstić information content (AvgIpc) is 2.85. The Labute approximate surface area is 106 Å². The first-order valence-corrected chi connectivity index (χ1v) is 6.01. The normalized spacial score (nSPS) is 10.6. The lowest BCUT2D eigenvalue weighted by Crippen LogP contribution is -2.01. The number of nitrogens with two attached hydrogens (primary N) is 1. The Morgan fingerprint density at radius 3 is 2.89 bits per heavy atom. The SMILES string of the molecule is COc1ccc(-c2n[nH]c(CCCN)n2)cc1C. The summed E-state index contributed by atoms with van der Waals surface area (Å²) in [7, 11) is 1.67. The highest BCUT2D eigenvalue weighted by Gasteiger charge is 2.07. The fourth-order valence-electron chi connectivity index (χ4n) is 1.82. The summed E-state index contributed by atoms with van der Waals surface area (Å²) in [5.74, 6) is 2.47. The van der Waals surface area contributed by atoms with Gasteiger partial charge in [-0.05, 0) is 43.7 Å². The number of nitrogens with one attached hydrogen (secondary N) is 1. The zero-order valence-corrected chi connectivity index (χ0v) is 10.7. The van der Waals surface area contributed by atoms with Gasteiger partial charge in [0, 0.05) is 12.0 Å². The molecule has 0 fully saturated rings. The highest BCUT2D eigenvalue weighted by atomic mass is 16.5. The fraction of sp³-hybridized carbons (Fsp3) is 0.385. The zero-order valence-electron chi connectivity index (χ0n) is 10.7. The van der Waals surface area contributed by atoms with Gasteiger partial charge in [0.25, 0.3) is 0 Å². The Kier molecular flexibility index (Phi) is 3.94. The molecule has 0 aliphatic rings. The molecule has 0 radical (unpaired) electrons. The summed E-state index contributed by atoms with van der Waals surface area (Å²) >= 11 is 0. The van der Waals surface area contributed by atoms with E-state index in [-0.39, 0.29) is 0 Å². The zero-order chi connectivity index (χ0) is 13.0. The van der Waals surface area contributed by atoms with Crippen LogP contribution in [0.1, 0.15) is 17.8 Å². The topological polar surface area (TPSA) is 76.8 Å². The molecule has 0 saturated carbocycles. The predicted molar refractivity (Wildman–Crippen MR) is 70.5 cm³/mol.